The number of nitrogens with one attached hydrogen (secondary N) is 4. The van der Waals surface area contributed by atoms with Crippen LogP contribution in [0.5, 0.6) is 0 Å². The highest BCUT2D eigenvalue weighted by molar-refractivity contribution is 5.96. The second-order valence-electron chi connectivity index (χ2n) is 6.08. The Kier molecular flexibility index (Phi) is 8.81. The standard InChI is InChI=1S/C15H22N4O9/c20-10(21)4-8(13(26)17-6-12(24)25)18-15(28)9(5-11(22)23)19-14(27)7-2-1-3-16-7/h7-9,16H,1-6H2,(H,17,26)(H,18,28)(H,19,27)(H,20,21)(H,22,23)(H,24,25). The minimum atomic E-state index is -1.65. The summed E-state index contributed by atoms with van der Waals surface area (Å²) in [6, 6.07) is -3.78. The number of carbonyl (C=O) groups excluding carboxylic acids is 3. The second kappa shape index (κ2) is 10.8. The van der Waals surface area contributed by atoms with Gasteiger partial charge in [0.1, 0.15) is 18.6 Å². The number of hydrogen-bond donors (Lipinski definition) is 7. The third kappa shape index (κ3) is 7.99. The van der Waals surface area contributed by atoms with E-state index in [9.17, 15) is 28.8 Å². The molecule has 0 aromatic rings. The van der Waals surface area contributed by atoms with Gasteiger partial charge in [-0.05, 0) is 19.4 Å². The zero-order chi connectivity index (χ0) is 21.3. The summed E-state index contributed by atoms with van der Waals surface area (Å²) >= 11 is 0. The molecule has 0 aliphatic carbocycles. The fraction of sp³-hybridized carbons (Fsp3) is 0.600. The van der Waals surface area contributed by atoms with E-state index in [1.54, 1.807) is 0 Å². The predicted molar refractivity (Wildman–Crippen MR) is 90.0 cm³/mol. The molecular formula is C15H22N4O9. The summed E-state index contributed by atoms with van der Waals surface area (Å²) in [6.07, 6.45) is -0.416. The fourth-order valence-corrected chi connectivity index (χ4v) is 2.51. The Morgan fingerprint density at radius 1 is 0.857 bits per heavy atom. The molecule has 0 bridgehead atoms. The van der Waals surface area contributed by atoms with E-state index in [0.717, 1.165) is 6.42 Å². The molecule has 1 aliphatic heterocycles. The van der Waals surface area contributed by atoms with Gasteiger partial charge in [-0.3, -0.25) is 28.8 Å². The van der Waals surface area contributed by atoms with E-state index in [-0.39, 0.29) is 0 Å². The van der Waals surface area contributed by atoms with Crippen LogP contribution in [-0.4, -0.2) is 82.2 Å². The van der Waals surface area contributed by atoms with Gasteiger partial charge in [0, 0.05) is 0 Å². The van der Waals surface area contributed by atoms with Crippen molar-refractivity contribution < 1.29 is 44.1 Å². The Hall–Kier alpha value is -3.22. The van der Waals surface area contributed by atoms with E-state index < -0.39 is 73.1 Å². The highest BCUT2D eigenvalue weighted by atomic mass is 16.4. The molecule has 0 aromatic carbocycles. The summed E-state index contributed by atoms with van der Waals surface area (Å²) in [5.41, 5.74) is 0. The highest BCUT2D eigenvalue weighted by Gasteiger charge is 2.32. The number of carbonyl (C=O) groups is 6. The van der Waals surface area contributed by atoms with Crippen molar-refractivity contribution in [2.24, 2.45) is 0 Å². The van der Waals surface area contributed by atoms with Gasteiger partial charge in [0.15, 0.2) is 0 Å². The van der Waals surface area contributed by atoms with Gasteiger partial charge in [-0.25, -0.2) is 0 Å². The van der Waals surface area contributed by atoms with Crippen molar-refractivity contribution >= 4 is 35.6 Å². The van der Waals surface area contributed by atoms with Crippen molar-refractivity contribution in [2.75, 3.05) is 13.1 Å². The molecule has 0 aromatic heterocycles. The van der Waals surface area contributed by atoms with Gasteiger partial charge in [0.2, 0.25) is 17.7 Å². The lowest BCUT2D eigenvalue weighted by Gasteiger charge is -2.22. The average Bonchev–Trinajstić information content (AvgIpc) is 3.12. The lowest BCUT2D eigenvalue weighted by molar-refractivity contribution is -0.143. The van der Waals surface area contributed by atoms with Crippen LogP contribution in [0.1, 0.15) is 25.7 Å². The largest absolute Gasteiger partial charge is 0.481 e. The Morgan fingerprint density at radius 2 is 1.43 bits per heavy atom. The topological polar surface area (TPSA) is 211 Å². The van der Waals surface area contributed by atoms with Crippen LogP contribution in [0.3, 0.4) is 0 Å². The van der Waals surface area contributed by atoms with E-state index in [1.807, 2.05) is 5.32 Å². The van der Waals surface area contributed by atoms with Crippen molar-refractivity contribution in [1.29, 1.82) is 0 Å². The fourth-order valence-electron chi connectivity index (χ4n) is 2.51. The van der Waals surface area contributed by atoms with E-state index in [4.69, 9.17) is 15.3 Å². The molecule has 13 heteroatoms. The Morgan fingerprint density at radius 3 is 1.89 bits per heavy atom. The van der Waals surface area contributed by atoms with Gasteiger partial charge in [-0.2, -0.15) is 0 Å². The first-order valence-corrected chi connectivity index (χ1v) is 8.37. The summed E-state index contributed by atoms with van der Waals surface area (Å²) in [7, 11) is 0. The summed E-state index contributed by atoms with van der Waals surface area (Å²) in [6.45, 7) is -0.203. The predicted octanol–water partition coefficient (Wildman–Crippen LogP) is -3.14. The van der Waals surface area contributed by atoms with E-state index in [1.165, 1.54) is 0 Å². The first kappa shape index (κ1) is 22.8. The zero-order valence-electron chi connectivity index (χ0n) is 14.8. The van der Waals surface area contributed by atoms with Crippen LogP contribution in [0.25, 0.3) is 0 Å². The Balaban J connectivity index is 2.82. The maximum absolute atomic E-state index is 12.4. The van der Waals surface area contributed by atoms with Gasteiger partial charge in [0.25, 0.3) is 0 Å². The van der Waals surface area contributed by atoms with Crippen LogP contribution in [0.4, 0.5) is 0 Å². The SMILES string of the molecule is O=C(O)CNC(=O)C(CC(=O)O)NC(=O)C(CC(=O)O)NC(=O)C1CCCN1. The smallest absolute Gasteiger partial charge is 0.322 e. The molecule has 0 saturated carbocycles. The molecule has 28 heavy (non-hydrogen) atoms. The summed E-state index contributed by atoms with van der Waals surface area (Å²) in [5.74, 6) is -6.98. The van der Waals surface area contributed by atoms with Gasteiger partial charge < -0.3 is 36.6 Å². The third-order valence-electron chi connectivity index (χ3n) is 3.81. The number of carboxylic acid groups (broad SMARTS) is 3. The molecule has 7 N–H and O–H groups in total. The van der Waals surface area contributed by atoms with Crippen molar-refractivity contribution in [3.05, 3.63) is 0 Å². The molecule has 1 saturated heterocycles. The van der Waals surface area contributed by atoms with Crippen LogP contribution >= 0.6 is 0 Å². The van der Waals surface area contributed by atoms with Crippen molar-refractivity contribution in [3.63, 3.8) is 0 Å². The third-order valence-corrected chi connectivity index (χ3v) is 3.81. The molecular weight excluding hydrogens is 380 g/mol. The number of rotatable bonds is 11. The van der Waals surface area contributed by atoms with Crippen molar-refractivity contribution in [3.8, 4) is 0 Å². The van der Waals surface area contributed by atoms with Crippen LogP contribution in [0, 0.1) is 0 Å². The molecule has 1 rings (SSSR count). The summed E-state index contributed by atoms with van der Waals surface area (Å²) in [4.78, 5) is 68.9. The minimum absolute atomic E-state index is 0.506. The lowest BCUT2D eigenvalue weighted by Crippen LogP contribution is -2.56. The van der Waals surface area contributed by atoms with Crippen LogP contribution in [-0.2, 0) is 28.8 Å². The van der Waals surface area contributed by atoms with Crippen LogP contribution in [0.15, 0.2) is 0 Å². The van der Waals surface area contributed by atoms with Crippen molar-refractivity contribution in [2.45, 2.75) is 43.8 Å². The molecule has 13 nitrogen and oxygen atoms in total. The van der Waals surface area contributed by atoms with Gasteiger partial charge >= 0.3 is 17.9 Å². The molecule has 3 atom stereocenters. The van der Waals surface area contributed by atoms with Crippen LogP contribution < -0.4 is 21.3 Å². The molecule has 3 amide bonds. The molecule has 1 heterocycles. The molecule has 156 valence electrons. The quantitative estimate of drug-likeness (QED) is 0.184. The molecule has 0 spiro atoms. The second-order valence-corrected chi connectivity index (χ2v) is 6.08. The maximum atomic E-state index is 12.4. The first-order chi connectivity index (χ1) is 13.1. The van der Waals surface area contributed by atoms with Gasteiger partial charge in [-0.1, -0.05) is 0 Å². The normalized spacial score (nSPS) is 17.8. The molecule has 1 fully saturated rings. The average molecular weight is 402 g/mol. The number of aliphatic carboxylic acids is 3. The van der Waals surface area contributed by atoms with Gasteiger partial charge in [-0.15, -0.1) is 0 Å². The van der Waals surface area contributed by atoms with E-state index >= 15 is 0 Å². The lowest BCUT2D eigenvalue weighted by atomic mass is 10.1. The maximum Gasteiger partial charge on any atom is 0.322 e. The molecule has 3 unspecified atom stereocenters. The summed E-state index contributed by atoms with van der Waals surface area (Å²) < 4.78 is 0. The van der Waals surface area contributed by atoms with Gasteiger partial charge in [0.05, 0.1) is 18.9 Å². The minimum Gasteiger partial charge on any atom is -0.481 e. The van der Waals surface area contributed by atoms with Crippen LogP contribution in [0.2, 0.25) is 0 Å². The number of carboxylic acids is 3. The number of hydrogen-bond acceptors (Lipinski definition) is 7. The molecule has 0 radical (unpaired) electrons. The molecule has 1 aliphatic rings. The van der Waals surface area contributed by atoms with E-state index in [2.05, 4.69) is 16.0 Å². The van der Waals surface area contributed by atoms with E-state index in [0.29, 0.717) is 13.0 Å². The monoisotopic (exact) mass is 402 g/mol. The van der Waals surface area contributed by atoms with Crippen molar-refractivity contribution in [1.82, 2.24) is 21.3 Å². The zero-order valence-corrected chi connectivity index (χ0v) is 14.8. The summed E-state index contributed by atoms with van der Waals surface area (Å²) in [5, 5.41) is 35.5. The Labute approximate surface area is 158 Å². The highest BCUT2D eigenvalue weighted by Crippen LogP contribution is 2.06. The Bertz CT molecular complexity index is 645. The number of amides is 3. The first-order valence-electron chi connectivity index (χ1n) is 8.37.